The van der Waals surface area contributed by atoms with Crippen LogP contribution in [0.3, 0.4) is 0 Å². The average Bonchev–Trinajstić information content (AvgIpc) is 2.29. The molecule has 9 heteroatoms. The van der Waals surface area contributed by atoms with Crippen molar-refractivity contribution in [3.8, 4) is 0 Å². The second kappa shape index (κ2) is 4.93. The molecule has 16 heavy (non-hydrogen) atoms. The number of carbonyl (C=O) groups is 1. The summed E-state index contributed by atoms with van der Waals surface area (Å²) >= 11 is 1.49. The molecule has 0 aromatic rings. The summed E-state index contributed by atoms with van der Waals surface area (Å²) in [5, 5.41) is 0.269. The van der Waals surface area contributed by atoms with Crippen LogP contribution in [-0.4, -0.2) is 16.7 Å². The first-order chi connectivity index (χ1) is 7.40. The van der Waals surface area contributed by atoms with Crippen molar-refractivity contribution in [3.63, 3.8) is 0 Å². The highest BCUT2D eigenvalue weighted by Crippen LogP contribution is 2.30. The van der Waals surface area contributed by atoms with Crippen LogP contribution in [0.5, 0.6) is 0 Å². The molecule has 0 aromatic carbocycles. The van der Waals surface area contributed by atoms with E-state index in [1.807, 2.05) is 0 Å². The standard InChI is InChI=1S/C7H12IN5O2S/c8-15-2(14)1-16-6(12)4(10)3(9)5(11)7(16)13/h1,9-13H2. The van der Waals surface area contributed by atoms with Gasteiger partial charge in [0.15, 0.2) is 23.0 Å². The zero-order valence-corrected chi connectivity index (χ0v) is 11.2. The van der Waals surface area contributed by atoms with Crippen LogP contribution < -0.4 is 28.7 Å². The second-order valence-electron chi connectivity index (χ2n) is 2.95. The Kier molecular flexibility index (Phi) is 4.04. The van der Waals surface area contributed by atoms with E-state index in [9.17, 15) is 4.79 Å². The first-order valence-corrected chi connectivity index (χ1v) is 6.33. The van der Waals surface area contributed by atoms with Crippen molar-refractivity contribution in [3.05, 3.63) is 22.1 Å². The van der Waals surface area contributed by atoms with Gasteiger partial charge in [0.1, 0.15) is 0 Å². The third kappa shape index (κ3) is 2.25. The molecule has 1 heterocycles. The molecule has 0 radical (unpaired) electrons. The van der Waals surface area contributed by atoms with Crippen LogP contribution in [0, 0.1) is 0 Å². The van der Waals surface area contributed by atoms with Gasteiger partial charge < -0.3 is 26.0 Å². The maximum atomic E-state index is 11.2. The molecule has 1 aliphatic heterocycles. The number of rotatable bonds is 2. The zero-order valence-electron chi connectivity index (χ0n) is 8.20. The maximum absolute atomic E-state index is 11.2. The molecule has 90 valence electrons. The molecule has 0 saturated carbocycles. The molecular weight excluding hydrogens is 345 g/mol. The molecule has 0 fully saturated rings. The van der Waals surface area contributed by atoms with Gasteiger partial charge in [-0.25, -0.2) is 0 Å². The van der Waals surface area contributed by atoms with Gasteiger partial charge in [-0.3, -0.25) is 10.5 Å². The normalized spacial score (nSPS) is 21.4. The molecular formula is C7H12IN5O2S. The van der Waals surface area contributed by atoms with E-state index < -0.39 is 16.5 Å². The summed E-state index contributed by atoms with van der Waals surface area (Å²) in [6.07, 6.45) is 0. The summed E-state index contributed by atoms with van der Waals surface area (Å²) in [7, 11) is -0.860. The summed E-state index contributed by atoms with van der Waals surface area (Å²) in [4.78, 5) is 11.4. The Labute approximate surface area is 109 Å². The van der Waals surface area contributed by atoms with E-state index >= 15 is 0 Å². The third-order valence-electron chi connectivity index (χ3n) is 1.99. The highest BCUT2D eigenvalue weighted by Gasteiger charge is 2.22. The van der Waals surface area contributed by atoms with E-state index in [0.29, 0.717) is 0 Å². The van der Waals surface area contributed by atoms with Gasteiger partial charge >= 0.3 is 5.97 Å². The Morgan fingerprint density at radius 3 is 2.19 bits per heavy atom. The monoisotopic (exact) mass is 357 g/mol. The predicted octanol–water partition coefficient (Wildman–Crippen LogP) is -1.53. The van der Waals surface area contributed by atoms with Gasteiger partial charge in [0.2, 0.25) is 0 Å². The minimum atomic E-state index is -0.860. The Morgan fingerprint density at radius 2 is 1.69 bits per heavy atom. The molecule has 7 nitrogen and oxygen atoms in total. The topological polar surface area (TPSA) is 156 Å². The minimum Gasteiger partial charge on any atom is -0.395 e. The Hall–Kier alpha value is -0.940. The summed E-state index contributed by atoms with van der Waals surface area (Å²) in [6.45, 7) is 0. The molecule has 1 rings (SSSR count). The number of nitrogens with two attached hydrogens (primary N) is 5. The minimum absolute atomic E-state index is 0.00921. The van der Waals surface area contributed by atoms with Crippen molar-refractivity contribution in [2.75, 3.05) is 5.75 Å². The van der Waals surface area contributed by atoms with Crippen LogP contribution in [-0.2, 0) is 7.86 Å². The zero-order chi connectivity index (χ0) is 12.5. The van der Waals surface area contributed by atoms with Crippen LogP contribution in [0.2, 0.25) is 0 Å². The van der Waals surface area contributed by atoms with E-state index in [0.717, 1.165) is 0 Å². The molecule has 1 aliphatic rings. The molecule has 0 saturated heterocycles. The fraction of sp³-hybridized carbons (Fsp3) is 0.143. The van der Waals surface area contributed by atoms with Crippen LogP contribution in [0.25, 0.3) is 0 Å². The van der Waals surface area contributed by atoms with Crippen molar-refractivity contribution in [2.45, 2.75) is 0 Å². The molecule has 1 unspecified atom stereocenters. The van der Waals surface area contributed by atoms with Crippen molar-refractivity contribution in [1.29, 1.82) is 0 Å². The Balaban J connectivity index is 3.23. The van der Waals surface area contributed by atoms with E-state index in [1.165, 1.54) is 23.0 Å². The van der Waals surface area contributed by atoms with Crippen LogP contribution >= 0.6 is 33.5 Å². The summed E-state index contributed by atoms with van der Waals surface area (Å²) in [5.74, 6) is -0.439. The maximum Gasteiger partial charge on any atom is 0.325 e. The quantitative estimate of drug-likeness (QED) is 0.296. The lowest BCUT2D eigenvalue weighted by Crippen LogP contribution is -2.34. The largest absolute Gasteiger partial charge is 0.395 e. The molecule has 0 bridgehead atoms. The van der Waals surface area contributed by atoms with Crippen molar-refractivity contribution in [2.24, 2.45) is 28.7 Å². The second-order valence-corrected chi connectivity index (χ2v) is 5.34. The van der Waals surface area contributed by atoms with Gasteiger partial charge in [0, 0.05) is 0 Å². The lowest BCUT2D eigenvalue weighted by atomic mass is 10.2. The first kappa shape index (κ1) is 13.1. The van der Waals surface area contributed by atoms with Gasteiger partial charge in [-0.15, -0.1) is 10.5 Å². The van der Waals surface area contributed by atoms with Gasteiger partial charge in [0.05, 0.1) is 32.9 Å². The van der Waals surface area contributed by atoms with Crippen LogP contribution in [0.1, 0.15) is 0 Å². The highest BCUT2D eigenvalue weighted by atomic mass is 127. The van der Waals surface area contributed by atoms with Gasteiger partial charge in [-0.1, -0.05) is 0 Å². The summed E-state index contributed by atoms with van der Waals surface area (Å²) < 4.78 is 4.51. The molecule has 0 aromatic heterocycles. The molecule has 0 spiro atoms. The number of carbonyl (C=O) groups excluding carboxylic acids is 1. The Morgan fingerprint density at radius 1 is 1.12 bits per heavy atom. The van der Waals surface area contributed by atoms with E-state index in [1.54, 1.807) is 0 Å². The van der Waals surface area contributed by atoms with E-state index in [4.69, 9.17) is 28.7 Å². The van der Waals surface area contributed by atoms with Gasteiger partial charge in [-0.2, -0.15) is 0 Å². The van der Waals surface area contributed by atoms with Crippen LogP contribution in [0.15, 0.2) is 22.1 Å². The van der Waals surface area contributed by atoms with Gasteiger partial charge in [-0.05, 0) is 0 Å². The van der Waals surface area contributed by atoms with Crippen molar-refractivity contribution in [1.82, 2.24) is 0 Å². The van der Waals surface area contributed by atoms with Gasteiger partial charge in [0.25, 0.3) is 0 Å². The summed E-state index contributed by atoms with van der Waals surface area (Å²) in [5.41, 5.74) is 28.9. The lowest BCUT2D eigenvalue weighted by Gasteiger charge is -2.21. The van der Waals surface area contributed by atoms with E-state index in [2.05, 4.69) is 3.07 Å². The number of halogens is 1. The predicted molar refractivity (Wildman–Crippen MR) is 72.6 cm³/mol. The van der Waals surface area contributed by atoms with Crippen molar-refractivity contribution >= 4 is 44.4 Å². The number of hydrogen-bond acceptors (Lipinski definition) is 7. The summed E-state index contributed by atoms with van der Waals surface area (Å²) in [6, 6.07) is 0. The average molecular weight is 357 g/mol. The van der Waals surface area contributed by atoms with Crippen LogP contribution in [0.4, 0.5) is 0 Å². The number of hydrogen-bond donors (Lipinski definition) is 5. The fourth-order valence-corrected chi connectivity index (χ4v) is 3.05. The first-order valence-electron chi connectivity index (χ1n) is 4.06. The molecule has 1 atom stereocenters. The SMILES string of the molecule is NC1=C(N)C(N)=S(CC(=O)OI)C(N)=C1N. The fourth-order valence-electron chi connectivity index (χ4n) is 1.09. The lowest BCUT2D eigenvalue weighted by molar-refractivity contribution is -0.128. The molecule has 0 amide bonds. The molecule has 10 N–H and O–H groups in total. The highest BCUT2D eigenvalue weighted by molar-refractivity contribution is 14.1. The van der Waals surface area contributed by atoms with Crippen molar-refractivity contribution < 1.29 is 7.86 Å². The van der Waals surface area contributed by atoms with E-state index in [-0.39, 0.29) is 32.9 Å². The smallest absolute Gasteiger partial charge is 0.325 e. The Bertz CT molecular complexity index is 437. The molecule has 0 aliphatic carbocycles. The third-order valence-corrected chi connectivity index (χ3v) is 4.51.